The molecule has 0 atom stereocenters. The molecule has 2 aromatic carbocycles. The van der Waals surface area contributed by atoms with Crippen molar-refractivity contribution in [1.29, 1.82) is 0 Å². The molecule has 5 aromatic rings. The van der Waals surface area contributed by atoms with Gasteiger partial charge in [-0.05, 0) is 37.6 Å². The lowest BCUT2D eigenvalue weighted by molar-refractivity contribution is 0.141. The van der Waals surface area contributed by atoms with Crippen LogP contribution in [0.2, 0.25) is 0 Å². The van der Waals surface area contributed by atoms with Gasteiger partial charge in [-0.2, -0.15) is 0 Å². The first-order valence-corrected chi connectivity index (χ1v) is 11.7. The van der Waals surface area contributed by atoms with Crippen LogP contribution >= 0.6 is 11.8 Å². The Bertz CT molecular complexity index is 1440. The zero-order valence-electron chi connectivity index (χ0n) is 18.0. The Morgan fingerprint density at radius 1 is 1.00 bits per heavy atom. The molecule has 0 radical (unpaired) electrons. The lowest BCUT2D eigenvalue weighted by Gasteiger charge is -2.11. The topological polar surface area (TPSA) is 100 Å². The highest BCUT2D eigenvalue weighted by Crippen LogP contribution is 2.26. The monoisotopic (exact) mass is 462 g/mol. The fourth-order valence-corrected chi connectivity index (χ4v) is 4.41. The first-order chi connectivity index (χ1) is 16.3. The third kappa shape index (κ3) is 4.27. The minimum atomic E-state index is -0.0806. The summed E-state index contributed by atoms with van der Waals surface area (Å²) < 4.78 is 14.8. The van der Waals surface area contributed by atoms with Gasteiger partial charge in [-0.3, -0.25) is 13.8 Å². The van der Waals surface area contributed by atoms with E-state index in [-0.39, 0.29) is 5.56 Å². The highest BCUT2D eigenvalue weighted by Gasteiger charge is 2.18. The number of benzene rings is 2. The number of nitrogens with zero attached hydrogens (tertiary/aromatic N) is 6. The summed E-state index contributed by atoms with van der Waals surface area (Å²) in [4.78, 5) is 13.1. The SMILES string of the molecule is CCOCCCn1c(=O)c2ccccc2n2c(SCc3nnc(-c4ccccc4)o3)nnc12. The second kappa shape index (κ2) is 9.55. The Labute approximate surface area is 193 Å². The van der Waals surface area contributed by atoms with Gasteiger partial charge in [0.25, 0.3) is 5.56 Å². The summed E-state index contributed by atoms with van der Waals surface area (Å²) in [6.07, 6.45) is 0.710. The van der Waals surface area contributed by atoms with E-state index in [0.717, 1.165) is 11.1 Å². The molecule has 0 aliphatic heterocycles. The van der Waals surface area contributed by atoms with Crippen LogP contribution in [0.4, 0.5) is 0 Å². The summed E-state index contributed by atoms with van der Waals surface area (Å²) in [5.74, 6) is 1.90. The summed E-state index contributed by atoms with van der Waals surface area (Å²) >= 11 is 1.43. The van der Waals surface area contributed by atoms with E-state index in [1.54, 1.807) is 4.57 Å². The van der Waals surface area contributed by atoms with Crippen molar-refractivity contribution in [3.05, 3.63) is 70.8 Å². The quantitative estimate of drug-likeness (QED) is 0.241. The van der Waals surface area contributed by atoms with Crippen LogP contribution in [0.1, 0.15) is 19.2 Å². The number of thioether (sulfide) groups is 1. The molecule has 3 aromatic heterocycles. The predicted molar refractivity (Wildman–Crippen MR) is 125 cm³/mol. The van der Waals surface area contributed by atoms with Gasteiger partial charge in [-0.25, -0.2) is 0 Å². The molecule has 168 valence electrons. The first-order valence-electron chi connectivity index (χ1n) is 10.7. The normalized spacial score (nSPS) is 11.5. The van der Waals surface area contributed by atoms with Gasteiger partial charge in [0.2, 0.25) is 17.6 Å². The maximum Gasteiger partial charge on any atom is 0.262 e. The maximum atomic E-state index is 13.1. The predicted octanol–water partition coefficient (Wildman–Crippen LogP) is 3.81. The molecule has 0 unspecified atom stereocenters. The number of aromatic nitrogens is 6. The van der Waals surface area contributed by atoms with Gasteiger partial charge >= 0.3 is 0 Å². The van der Waals surface area contributed by atoms with Crippen molar-refractivity contribution in [2.45, 2.75) is 30.8 Å². The third-order valence-electron chi connectivity index (χ3n) is 5.17. The van der Waals surface area contributed by atoms with Crippen LogP contribution in [0, 0.1) is 0 Å². The van der Waals surface area contributed by atoms with E-state index in [1.807, 2.05) is 65.9 Å². The summed E-state index contributed by atoms with van der Waals surface area (Å²) in [7, 11) is 0. The molecule has 0 bridgehead atoms. The van der Waals surface area contributed by atoms with Gasteiger partial charge < -0.3 is 9.15 Å². The zero-order chi connectivity index (χ0) is 22.6. The molecule has 3 heterocycles. The fourth-order valence-electron chi connectivity index (χ4n) is 3.63. The Hall–Kier alpha value is -3.50. The molecule has 0 aliphatic carbocycles. The molecule has 33 heavy (non-hydrogen) atoms. The molecule has 0 saturated carbocycles. The average molecular weight is 463 g/mol. The van der Waals surface area contributed by atoms with Gasteiger partial charge in [-0.15, -0.1) is 20.4 Å². The summed E-state index contributed by atoms with van der Waals surface area (Å²) in [6.45, 7) is 3.68. The Morgan fingerprint density at radius 2 is 1.82 bits per heavy atom. The number of ether oxygens (including phenoxy) is 1. The van der Waals surface area contributed by atoms with Crippen molar-refractivity contribution in [1.82, 2.24) is 29.4 Å². The van der Waals surface area contributed by atoms with E-state index < -0.39 is 0 Å². The fraction of sp³-hybridized carbons (Fsp3) is 0.261. The van der Waals surface area contributed by atoms with Crippen molar-refractivity contribution in [2.75, 3.05) is 13.2 Å². The molecule has 0 spiro atoms. The van der Waals surface area contributed by atoms with Crippen LogP contribution in [0.15, 0.2) is 69.0 Å². The van der Waals surface area contributed by atoms with E-state index in [2.05, 4.69) is 20.4 Å². The molecule has 9 nitrogen and oxygen atoms in total. The van der Waals surface area contributed by atoms with Gasteiger partial charge in [0, 0.05) is 25.3 Å². The molecular weight excluding hydrogens is 440 g/mol. The van der Waals surface area contributed by atoms with Gasteiger partial charge in [0.1, 0.15) is 0 Å². The molecule has 0 saturated heterocycles. The lowest BCUT2D eigenvalue weighted by Crippen LogP contribution is -2.24. The molecular formula is C23H22N6O3S. The Kier molecular flexibility index (Phi) is 6.18. The van der Waals surface area contributed by atoms with Crippen LogP contribution in [0.25, 0.3) is 28.1 Å². The zero-order valence-corrected chi connectivity index (χ0v) is 18.9. The van der Waals surface area contributed by atoms with Crippen LogP contribution in [0.3, 0.4) is 0 Å². The first kappa shape index (κ1) is 21.4. The average Bonchev–Trinajstić information content (AvgIpc) is 3.50. The van der Waals surface area contributed by atoms with E-state index in [0.29, 0.717) is 60.0 Å². The standard InChI is InChI=1S/C23H22N6O3S/c1-2-31-14-8-13-28-21(30)17-11-6-7-12-18(17)29-22(28)26-27-23(29)33-15-19-24-25-20(32-19)16-9-4-3-5-10-16/h3-7,9-12H,2,8,13-15H2,1H3. The Morgan fingerprint density at radius 3 is 2.67 bits per heavy atom. The second-order valence-electron chi connectivity index (χ2n) is 7.30. The van der Waals surface area contributed by atoms with Crippen molar-refractivity contribution in [3.8, 4) is 11.5 Å². The van der Waals surface area contributed by atoms with Crippen LogP contribution < -0.4 is 5.56 Å². The largest absolute Gasteiger partial charge is 0.420 e. The van der Waals surface area contributed by atoms with Gasteiger partial charge in [-0.1, -0.05) is 42.1 Å². The molecule has 10 heteroatoms. The van der Waals surface area contributed by atoms with Crippen LogP contribution in [-0.4, -0.2) is 42.6 Å². The number of rotatable bonds is 9. The summed E-state index contributed by atoms with van der Waals surface area (Å²) in [6, 6.07) is 17.1. The van der Waals surface area contributed by atoms with Crippen LogP contribution in [-0.2, 0) is 17.0 Å². The Balaban J connectivity index is 1.46. The van der Waals surface area contributed by atoms with E-state index in [1.165, 1.54) is 11.8 Å². The number of para-hydroxylation sites is 1. The smallest absolute Gasteiger partial charge is 0.262 e. The van der Waals surface area contributed by atoms with Crippen molar-refractivity contribution >= 4 is 28.4 Å². The summed E-state index contributed by atoms with van der Waals surface area (Å²) in [5, 5.41) is 18.3. The van der Waals surface area contributed by atoms with Crippen molar-refractivity contribution in [2.24, 2.45) is 0 Å². The minimum Gasteiger partial charge on any atom is -0.420 e. The van der Waals surface area contributed by atoms with Crippen LogP contribution in [0.5, 0.6) is 0 Å². The van der Waals surface area contributed by atoms with Gasteiger partial charge in [0.05, 0.1) is 16.7 Å². The number of fused-ring (bicyclic) bond motifs is 3. The lowest BCUT2D eigenvalue weighted by atomic mass is 10.2. The molecule has 0 N–H and O–H groups in total. The third-order valence-corrected chi connectivity index (χ3v) is 6.08. The second-order valence-corrected chi connectivity index (χ2v) is 8.24. The maximum absolute atomic E-state index is 13.1. The number of hydrogen-bond acceptors (Lipinski definition) is 8. The molecule has 0 aliphatic rings. The van der Waals surface area contributed by atoms with E-state index >= 15 is 0 Å². The van der Waals surface area contributed by atoms with E-state index in [4.69, 9.17) is 9.15 Å². The highest BCUT2D eigenvalue weighted by atomic mass is 32.2. The summed E-state index contributed by atoms with van der Waals surface area (Å²) in [5.41, 5.74) is 1.56. The number of hydrogen-bond donors (Lipinski definition) is 0. The van der Waals surface area contributed by atoms with Crippen molar-refractivity contribution in [3.63, 3.8) is 0 Å². The molecule has 0 amide bonds. The molecule has 5 rings (SSSR count). The molecule has 0 fully saturated rings. The minimum absolute atomic E-state index is 0.0806. The highest BCUT2D eigenvalue weighted by molar-refractivity contribution is 7.98. The van der Waals surface area contributed by atoms with Crippen molar-refractivity contribution < 1.29 is 9.15 Å². The number of aryl methyl sites for hydroxylation is 1. The van der Waals surface area contributed by atoms with Gasteiger partial charge in [0.15, 0.2) is 5.16 Å². The van der Waals surface area contributed by atoms with E-state index in [9.17, 15) is 4.79 Å².